The molecule has 3 aromatic rings. The number of rotatable bonds is 3. The number of carbonyl (C=O) groups is 1. The van der Waals surface area contributed by atoms with Gasteiger partial charge in [-0.2, -0.15) is 0 Å². The van der Waals surface area contributed by atoms with Crippen molar-refractivity contribution in [3.63, 3.8) is 0 Å². The fourth-order valence-corrected chi connectivity index (χ4v) is 1.90. The molecule has 0 aliphatic heterocycles. The van der Waals surface area contributed by atoms with Gasteiger partial charge in [-0.05, 0) is 19.1 Å². The number of para-hydroxylation sites is 1. The van der Waals surface area contributed by atoms with Crippen LogP contribution in [0, 0.1) is 12.7 Å². The zero-order valence-electron chi connectivity index (χ0n) is 11.7. The van der Waals surface area contributed by atoms with Gasteiger partial charge in [0.05, 0.1) is 0 Å². The van der Waals surface area contributed by atoms with E-state index in [1.807, 2.05) is 31.2 Å². The molecule has 0 bridgehead atoms. The van der Waals surface area contributed by atoms with Crippen LogP contribution < -0.4 is 4.74 Å². The number of carbonyl (C=O) groups excluding carboxylic acids is 1. The Kier molecular flexibility index (Phi) is 3.70. The first kappa shape index (κ1) is 14.0. The van der Waals surface area contributed by atoms with Gasteiger partial charge >= 0.3 is 5.97 Å². The van der Waals surface area contributed by atoms with Crippen molar-refractivity contribution in [2.45, 2.75) is 6.92 Å². The lowest BCUT2D eigenvalue weighted by molar-refractivity contribution is 0.0717. The number of hydrogen-bond acceptors (Lipinski definition) is 4. The molecule has 3 rings (SSSR count). The molecule has 0 N–H and O–H groups in total. The summed E-state index contributed by atoms with van der Waals surface area (Å²) in [5.74, 6) is -1.09. The van der Waals surface area contributed by atoms with Crippen LogP contribution >= 0.6 is 0 Å². The smallest absolute Gasteiger partial charge is 0.366 e. The van der Waals surface area contributed by atoms with Gasteiger partial charge in [0, 0.05) is 11.6 Å². The van der Waals surface area contributed by atoms with Gasteiger partial charge in [0.15, 0.2) is 23.0 Å². The third kappa shape index (κ3) is 2.88. The van der Waals surface area contributed by atoms with E-state index in [4.69, 9.17) is 9.26 Å². The van der Waals surface area contributed by atoms with Crippen molar-refractivity contribution in [2.75, 3.05) is 0 Å². The van der Waals surface area contributed by atoms with E-state index in [-0.39, 0.29) is 11.4 Å². The molecule has 1 heterocycles. The highest BCUT2D eigenvalue weighted by Crippen LogP contribution is 2.22. The van der Waals surface area contributed by atoms with Gasteiger partial charge in [0.1, 0.15) is 0 Å². The van der Waals surface area contributed by atoms with Crippen molar-refractivity contribution in [1.82, 2.24) is 5.16 Å². The second-order valence-corrected chi connectivity index (χ2v) is 4.76. The monoisotopic (exact) mass is 297 g/mol. The van der Waals surface area contributed by atoms with Crippen molar-refractivity contribution < 1.29 is 18.4 Å². The molecule has 0 saturated heterocycles. The van der Waals surface area contributed by atoms with Crippen molar-refractivity contribution in [2.24, 2.45) is 0 Å². The van der Waals surface area contributed by atoms with Crippen LogP contribution in [0.2, 0.25) is 0 Å². The van der Waals surface area contributed by atoms with Gasteiger partial charge in [-0.3, -0.25) is 0 Å². The minimum atomic E-state index is -0.771. The average Bonchev–Trinajstić information content (AvgIpc) is 3.00. The van der Waals surface area contributed by atoms with E-state index in [1.165, 1.54) is 24.3 Å². The summed E-state index contributed by atoms with van der Waals surface area (Å²) < 4.78 is 23.6. The highest BCUT2D eigenvalue weighted by Gasteiger charge is 2.17. The quantitative estimate of drug-likeness (QED) is 0.541. The topological polar surface area (TPSA) is 52.3 Å². The summed E-state index contributed by atoms with van der Waals surface area (Å²) >= 11 is 0. The fraction of sp³-hybridized carbons (Fsp3) is 0.0588. The molecule has 4 nitrogen and oxygen atoms in total. The van der Waals surface area contributed by atoms with Crippen molar-refractivity contribution in [1.29, 1.82) is 0 Å². The Hall–Kier alpha value is -2.95. The molecule has 22 heavy (non-hydrogen) atoms. The molecular formula is C17H12FNO3. The highest BCUT2D eigenvalue weighted by atomic mass is 19.1. The molecule has 5 heteroatoms. The molecule has 110 valence electrons. The summed E-state index contributed by atoms with van der Waals surface area (Å²) in [4.78, 5) is 12.0. The summed E-state index contributed by atoms with van der Waals surface area (Å²) in [7, 11) is 0. The number of benzene rings is 2. The lowest BCUT2D eigenvalue weighted by atomic mass is 10.1. The Labute approximate surface area is 126 Å². The molecule has 0 fully saturated rings. The normalized spacial score (nSPS) is 10.5. The lowest BCUT2D eigenvalue weighted by Gasteiger charge is -2.01. The van der Waals surface area contributed by atoms with Crippen molar-refractivity contribution in [3.8, 4) is 17.1 Å². The molecule has 0 spiro atoms. The zero-order chi connectivity index (χ0) is 15.5. The zero-order valence-corrected chi connectivity index (χ0v) is 11.7. The van der Waals surface area contributed by atoms with Crippen LogP contribution in [0.3, 0.4) is 0 Å². The number of aromatic nitrogens is 1. The minimum Gasteiger partial charge on any atom is -0.419 e. The molecule has 0 radical (unpaired) electrons. The van der Waals surface area contributed by atoms with Gasteiger partial charge in [0.25, 0.3) is 0 Å². The first-order valence-corrected chi connectivity index (χ1v) is 6.64. The third-order valence-corrected chi connectivity index (χ3v) is 3.09. The van der Waals surface area contributed by atoms with E-state index in [9.17, 15) is 9.18 Å². The Morgan fingerprint density at radius 2 is 1.86 bits per heavy atom. The number of halogens is 1. The van der Waals surface area contributed by atoms with E-state index >= 15 is 0 Å². The maximum atomic E-state index is 13.5. The molecule has 0 unspecified atom stereocenters. The van der Waals surface area contributed by atoms with Crippen LogP contribution in [-0.4, -0.2) is 11.1 Å². The molecule has 2 aromatic carbocycles. The van der Waals surface area contributed by atoms with Gasteiger partial charge in [-0.25, -0.2) is 9.18 Å². The number of ether oxygens (including phenoxy) is 1. The Morgan fingerprint density at radius 1 is 1.14 bits per heavy atom. The second-order valence-electron chi connectivity index (χ2n) is 4.76. The van der Waals surface area contributed by atoms with Gasteiger partial charge < -0.3 is 9.26 Å². The summed E-state index contributed by atoms with van der Waals surface area (Å²) in [5, 5.41) is 3.67. The van der Waals surface area contributed by atoms with Gasteiger partial charge in [-0.1, -0.05) is 47.1 Å². The second kappa shape index (κ2) is 5.81. The number of aryl methyl sites for hydroxylation is 1. The van der Waals surface area contributed by atoms with E-state index in [2.05, 4.69) is 5.16 Å². The van der Waals surface area contributed by atoms with Crippen LogP contribution in [0.5, 0.6) is 5.75 Å². The van der Waals surface area contributed by atoms with E-state index in [1.54, 1.807) is 6.07 Å². The van der Waals surface area contributed by atoms with E-state index < -0.39 is 11.8 Å². The van der Waals surface area contributed by atoms with Crippen LogP contribution in [0.25, 0.3) is 11.3 Å². The van der Waals surface area contributed by atoms with Gasteiger partial charge in [0.2, 0.25) is 0 Å². The lowest BCUT2D eigenvalue weighted by Crippen LogP contribution is -2.09. The van der Waals surface area contributed by atoms with Crippen molar-refractivity contribution >= 4 is 5.97 Å². The summed E-state index contributed by atoms with van der Waals surface area (Å²) in [6.07, 6.45) is 0. The predicted molar refractivity (Wildman–Crippen MR) is 78.0 cm³/mol. The SMILES string of the molecule is Cc1ccc(-c2cc(C(=O)Oc3ccccc3F)no2)cc1. The van der Waals surface area contributed by atoms with Crippen molar-refractivity contribution in [3.05, 3.63) is 71.7 Å². The molecule has 1 aromatic heterocycles. The Balaban J connectivity index is 1.80. The highest BCUT2D eigenvalue weighted by molar-refractivity contribution is 5.90. The van der Waals surface area contributed by atoms with Crippen LogP contribution in [0.15, 0.2) is 59.1 Å². The standard InChI is InChI=1S/C17H12FNO3/c1-11-6-8-12(9-7-11)16-10-14(19-22-16)17(20)21-15-5-3-2-4-13(15)18/h2-10H,1H3. The van der Waals surface area contributed by atoms with E-state index in [0.29, 0.717) is 5.76 Å². The predicted octanol–water partition coefficient (Wildman–Crippen LogP) is 4.01. The third-order valence-electron chi connectivity index (χ3n) is 3.09. The number of nitrogens with zero attached hydrogens (tertiary/aromatic N) is 1. The van der Waals surface area contributed by atoms with Crippen LogP contribution in [0.4, 0.5) is 4.39 Å². The molecular weight excluding hydrogens is 285 g/mol. The van der Waals surface area contributed by atoms with E-state index in [0.717, 1.165) is 11.1 Å². The summed E-state index contributed by atoms with van der Waals surface area (Å²) in [5.41, 5.74) is 1.89. The molecule has 0 aliphatic carbocycles. The largest absolute Gasteiger partial charge is 0.419 e. The molecule has 0 amide bonds. The molecule has 0 atom stereocenters. The average molecular weight is 297 g/mol. The number of hydrogen-bond donors (Lipinski definition) is 0. The van der Waals surface area contributed by atoms with Crippen LogP contribution in [-0.2, 0) is 0 Å². The first-order chi connectivity index (χ1) is 10.6. The van der Waals surface area contributed by atoms with Crippen LogP contribution in [0.1, 0.15) is 16.1 Å². The summed E-state index contributed by atoms with van der Waals surface area (Å²) in [6, 6.07) is 14.7. The maximum Gasteiger partial charge on any atom is 0.366 e. The Morgan fingerprint density at radius 3 is 2.59 bits per heavy atom. The first-order valence-electron chi connectivity index (χ1n) is 6.64. The maximum absolute atomic E-state index is 13.5. The summed E-state index contributed by atoms with van der Waals surface area (Å²) in [6.45, 7) is 1.97. The van der Waals surface area contributed by atoms with Gasteiger partial charge in [-0.15, -0.1) is 0 Å². The fourth-order valence-electron chi connectivity index (χ4n) is 1.90. The number of esters is 1. The molecule has 0 saturated carbocycles. The Bertz CT molecular complexity index is 809. The molecule has 0 aliphatic rings. The minimum absolute atomic E-state index is 0.0150.